The van der Waals surface area contributed by atoms with Crippen LogP contribution in [0.5, 0.6) is 0 Å². The number of hydrogen-bond donors (Lipinski definition) is 2. The first kappa shape index (κ1) is 15.5. The van der Waals surface area contributed by atoms with Crippen LogP contribution in [0.4, 0.5) is 0 Å². The van der Waals surface area contributed by atoms with Gasteiger partial charge in [0.05, 0.1) is 25.0 Å². The highest BCUT2D eigenvalue weighted by Crippen LogP contribution is 2.32. The van der Waals surface area contributed by atoms with Crippen LogP contribution in [0.1, 0.15) is 45.4 Å². The van der Waals surface area contributed by atoms with E-state index >= 15 is 0 Å². The van der Waals surface area contributed by atoms with Gasteiger partial charge >= 0.3 is 0 Å². The van der Waals surface area contributed by atoms with Gasteiger partial charge in [0.2, 0.25) is 0 Å². The molecule has 0 radical (unpaired) electrons. The smallest absolute Gasteiger partial charge is 0.178 e. The number of allylic oxidation sites excluding steroid dienone is 1. The van der Waals surface area contributed by atoms with E-state index in [0.717, 1.165) is 25.8 Å². The molecule has 0 aromatic rings. The van der Waals surface area contributed by atoms with Gasteiger partial charge in [-0.25, -0.2) is 0 Å². The van der Waals surface area contributed by atoms with Crippen molar-refractivity contribution in [2.24, 2.45) is 5.92 Å². The monoisotopic (exact) mass is 305 g/mol. The van der Waals surface area contributed by atoms with Crippen LogP contribution in [0, 0.1) is 11.3 Å². The Morgan fingerprint density at radius 3 is 3.00 bits per heavy atom. The number of nitrogens with one attached hydrogen (secondary N) is 2. The molecule has 3 atom stereocenters. The van der Waals surface area contributed by atoms with Gasteiger partial charge in [0.15, 0.2) is 5.78 Å². The second-order valence-electron chi connectivity index (χ2n) is 6.82. The number of hydrogen-bond acceptors (Lipinski definition) is 4. The second kappa shape index (κ2) is 6.82. The van der Waals surface area contributed by atoms with Crippen molar-refractivity contribution in [2.75, 3.05) is 19.8 Å². The minimum absolute atomic E-state index is 0.163. The molecular weight excluding hydrogens is 278 g/mol. The van der Waals surface area contributed by atoms with Crippen LogP contribution in [0.3, 0.4) is 0 Å². The number of carbonyl (C=O) groups excluding carboxylic acids is 1. The second-order valence-corrected chi connectivity index (χ2v) is 6.82. The molecule has 1 saturated carbocycles. The minimum Gasteiger partial charge on any atom is -0.379 e. The maximum Gasteiger partial charge on any atom is 0.178 e. The summed E-state index contributed by atoms with van der Waals surface area (Å²) < 4.78 is 5.42. The van der Waals surface area contributed by atoms with E-state index in [0.29, 0.717) is 43.1 Å². The number of ether oxygens (including phenoxy) is 1. The molecule has 3 rings (SSSR count). The van der Waals surface area contributed by atoms with Crippen LogP contribution < -0.4 is 5.32 Å². The molecule has 0 spiro atoms. The van der Waals surface area contributed by atoms with Crippen molar-refractivity contribution in [1.82, 2.24) is 10.2 Å². The van der Waals surface area contributed by atoms with Crippen LogP contribution in [0.25, 0.3) is 0 Å². The molecular formula is C17H27N3O2. The lowest BCUT2D eigenvalue weighted by Crippen LogP contribution is -2.47. The van der Waals surface area contributed by atoms with E-state index in [4.69, 9.17) is 10.1 Å². The van der Waals surface area contributed by atoms with Crippen LogP contribution in [-0.4, -0.2) is 48.4 Å². The molecule has 0 bridgehead atoms. The van der Waals surface area contributed by atoms with E-state index in [1.54, 1.807) is 6.08 Å². The predicted molar refractivity (Wildman–Crippen MR) is 85.9 cm³/mol. The molecule has 2 saturated heterocycles. The van der Waals surface area contributed by atoms with Gasteiger partial charge in [-0.1, -0.05) is 6.42 Å². The third-order valence-corrected chi connectivity index (χ3v) is 5.24. The maximum absolute atomic E-state index is 12.4. The zero-order chi connectivity index (χ0) is 15.5. The van der Waals surface area contributed by atoms with E-state index in [1.165, 1.54) is 12.8 Å². The third kappa shape index (κ3) is 3.35. The van der Waals surface area contributed by atoms with E-state index in [-0.39, 0.29) is 11.8 Å². The summed E-state index contributed by atoms with van der Waals surface area (Å²) in [6.45, 7) is 4.09. The van der Waals surface area contributed by atoms with Crippen LogP contribution in [0.15, 0.2) is 11.8 Å². The molecule has 122 valence electrons. The van der Waals surface area contributed by atoms with Crippen molar-refractivity contribution >= 4 is 11.6 Å². The predicted octanol–water partition coefficient (Wildman–Crippen LogP) is 2.08. The summed E-state index contributed by atoms with van der Waals surface area (Å²) in [5, 5.41) is 11.8. The van der Waals surface area contributed by atoms with Crippen molar-refractivity contribution in [3.8, 4) is 0 Å². The third-order valence-electron chi connectivity index (χ3n) is 5.24. The number of rotatable bonds is 1. The molecule has 0 unspecified atom stereocenters. The number of ketones is 1. The van der Waals surface area contributed by atoms with Gasteiger partial charge in [-0.2, -0.15) is 0 Å². The zero-order valence-corrected chi connectivity index (χ0v) is 13.4. The highest BCUT2D eigenvalue weighted by atomic mass is 16.5. The first-order valence-corrected chi connectivity index (χ1v) is 8.59. The van der Waals surface area contributed by atoms with Crippen LogP contribution in [0.2, 0.25) is 0 Å². The van der Waals surface area contributed by atoms with Crippen molar-refractivity contribution in [1.29, 1.82) is 5.41 Å². The fourth-order valence-electron chi connectivity index (χ4n) is 3.94. The summed E-state index contributed by atoms with van der Waals surface area (Å²) in [7, 11) is 0. The molecule has 5 nitrogen and oxygen atoms in total. The average Bonchev–Trinajstić information content (AvgIpc) is 2.92. The SMILES string of the molecule is C[C@@H]1COCCN1C(=N)/C=C1\N[C@H]2CCC[C@H]2CCCC1=O. The Balaban J connectivity index is 1.74. The Bertz CT molecular complexity index is 475. The Hall–Kier alpha value is -1.36. The first-order chi connectivity index (χ1) is 10.6. The number of nitrogens with zero attached hydrogens (tertiary/aromatic N) is 1. The Labute approximate surface area is 132 Å². The van der Waals surface area contributed by atoms with Gasteiger partial charge in [-0.15, -0.1) is 0 Å². The Morgan fingerprint density at radius 1 is 1.36 bits per heavy atom. The Kier molecular flexibility index (Phi) is 4.81. The van der Waals surface area contributed by atoms with Gasteiger partial charge in [0.25, 0.3) is 0 Å². The summed E-state index contributed by atoms with van der Waals surface area (Å²) in [6, 6.07) is 0.617. The molecule has 2 aliphatic heterocycles. The molecule has 5 heteroatoms. The van der Waals surface area contributed by atoms with E-state index < -0.39 is 0 Å². The molecule has 0 aromatic heterocycles. The topological polar surface area (TPSA) is 65.4 Å². The maximum atomic E-state index is 12.4. The van der Waals surface area contributed by atoms with Gasteiger partial charge in [0, 0.05) is 25.1 Å². The number of fused-ring (bicyclic) bond motifs is 1. The van der Waals surface area contributed by atoms with Gasteiger partial charge in [0.1, 0.15) is 5.84 Å². The fourth-order valence-corrected chi connectivity index (χ4v) is 3.94. The van der Waals surface area contributed by atoms with Crippen molar-refractivity contribution in [3.63, 3.8) is 0 Å². The summed E-state index contributed by atoms with van der Waals surface area (Å²) in [4.78, 5) is 14.4. The summed E-state index contributed by atoms with van der Waals surface area (Å²) in [5.41, 5.74) is 0.653. The zero-order valence-electron chi connectivity index (χ0n) is 13.4. The highest BCUT2D eigenvalue weighted by Gasteiger charge is 2.31. The minimum atomic E-state index is 0.163. The van der Waals surface area contributed by atoms with Crippen molar-refractivity contribution < 1.29 is 9.53 Å². The standard InChI is InChI=1S/C17H27N3O2/c1-12-11-22-9-8-20(12)17(18)10-15-16(21)7-3-5-13-4-2-6-14(13)19-15/h10,12-14,18-19H,2-9,11H2,1H3/b15-10-,18-17?/t12-,13+,14+/m1/s1. The molecule has 0 amide bonds. The molecule has 2 N–H and O–H groups in total. The number of morpholine rings is 1. The van der Waals surface area contributed by atoms with E-state index in [2.05, 4.69) is 12.2 Å². The lowest BCUT2D eigenvalue weighted by atomic mass is 9.92. The molecule has 3 aliphatic rings. The molecule has 1 aliphatic carbocycles. The van der Waals surface area contributed by atoms with Gasteiger partial charge in [-0.3, -0.25) is 10.2 Å². The summed E-state index contributed by atoms with van der Waals surface area (Å²) in [5.74, 6) is 1.30. The van der Waals surface area contributed by atoms with Gasteiger partial charge < -0.3 is 15.0 Å². The number of amidine groups is 1. The first-order valence-electron chi connectivity index (χ1n) is 8.59. The highest BCUT2D eigenvalue weighted by molar-refractivity contribution is 6.02. The normalized spacial score (nSPS) is 34.8. The lowest BCUT2D eigenvalue weighted by molar-refractivity contribution is -0.116. The summed E-state index contributed by atoms with van der Waals surface area (Å²) >= 11 is 0. The number of carbonyl (C=O) groups is 1. The van der Waals surface area contributed by atoms with Crippen molar-refractivity contribution in [2.45, 2.75) is 57.5 Å². The number of Topliss-reactive ketones (excluding diaryl/α,β-unsaturated/α-hetero) is 1. The largest absolute Gasteiger partial charge is 0.379 e. The van der Waals surface area contributed by atoms with Crippen LogP contribution in [-0.2, 0) is 9.53 Å². The average molecular weight is 305 g/mol. The fraction of sp³-hybridized carbons (Fsp3) is 0.765. The van der Waals surface area contributed by atoms with Crippen molar-refractivity contribution in [3.05, 3.63) is 11.8 Å². The molecule has 2 heterocycles. The quantitative estimate of drug-likeness (QED) is 0.442. The van der Waals surface area contributed by atoms with Gasteiger partial charge in [-0.05, 0) is 38.5 Å². The van der Waals surface area contributed by atoms with E-state index in [1.807, 2.05) is 4.90 Å². The molecule has 0 aromatic carbocycles. The molecule has 22 heavy (non-hydrogen) atoms. The Morgan fingerprint density at radius 2 is 2.18 bits per heavy atom. The van der Waals surface area contributed by atoms with E-state index in [9.17, 15) is 4.79 Å². The van der Waals surface area contributed by atoms with Crippen LogP contribution >= 0.6 is 0 Å². The summed E-state index contributed by atoms with van der Waals surface area (Å²) in [6.07, 6.45) is 8.18. The molecule has 3 fully saturated rings. The lowest BCUT2D eigenvalue weighted by Gasteiger charge is -2.34.